The number of carbonyl (C=O) groups is 1. The van der Waals surface area contributed by atoms with Gasteiger partial charge in [0.25, 0.3) is 0 Å². The first-order valence-corrected chi connectivity index (χ1v) is 5.39. The number of ketones is 1. The van der Waals surface area contributed by atoms with Gasteiger partial charge in [-0.15, -0.1) is 0 Å². The normalized spacial score (nSPS) is 10.3. The lowest BCUT2D eigenvalue weighted by atomic mass is 10.0. The molecule has 2 rings (SSSR count). The van der Waals surface area contributed by atoms with Crippen LogP contribution in [0, 0.1) is 12.7 Å². The molecule has 0 fully saturated rings. The summed E-state index contributed by atoms with van der Waals surface area (Å²) in [5.74, 6) is -1.06. The smallest absolute Gasteiger partial charge is 0.214 e. The predicted molar refractivity (Wildman–Crippen MR) is 63.8 cm³/mol. The van der Waals surface area contributed by atoms with E-state index < -0.39 is 11.6 Å². The van der Waals surface area contributed by atoms with Crippen LogP contribution in [0.4, 0.5) is 4.39 Å². The fourth-order valence-corrected chi connectivity index (χ4v) is 1.68. The number of benzene rings is 1. The van der Waals surface area contributed by atoms with Crippen LogP contribution in [0.5, 0.6) is 0 Å². The Balaban J connectivity index is 2.48. The highest BCUT2D eigenvalue weighted by Gasteiger charge is 2.16. The molecule has 0 N–H and O–H groups in total. The minimum Gasteiger partial charge on any atom is -0.287 e. The van der Waals surface area contributed by atoms with E-state index >= 15 is 0 Å². The van der Waals surface area contributed by atoms with Gasteiger partial charge in [-0.1, -0.05) is 17.7 Å². The summed E-state index contributed by atoms with van der Waals surface area (Å²) in [6, 6.07) is 7.45. The van der Waals surface area contributed by atoms with Crippen LogP contribution in [0.2, 0.25) is 5.02 Å². The van der Waals surface area contributed by atoms with Crippen LogP contribution in [0.1, 0.15) is 21.6 Å². The van der Waals surface area contributed by atoms with Crippen molar-refractivity contribution in [3.8, 4) is 0 Å². The Morgan fingerprint density at radius 1 is 1.35 bits per heavy atom. The van der Waals surface area contributed by atoms with Crippen LogP contribution in [-0.2, 0) is 0 Å². The van der Waals surface area contributed by atoms with E-state index in [0.717, 1.165) is 6.07 Å². The van der Waals surface area contributed by atoms with Gasteiger partial charge >= 0.3 is 0 Å². The average Bonchev–Trinajstić information content (AvgIpc) is 2.29. The molecule has 17 heavy (non-hydrogen) atoms. The Hall–Kier alpha value is -1.74. The number of aryl methyl sites for hydroxylation is 1. The molecule has 0 radical (unpaired) electrons. The van der Waals surface area contributed by atoms with Crippen molar-refractivity contribution in [1.29, 1.82) is 0 Å². The van der Waals surface area contributed by atoms with Crippen molar-refractivity contribution in [2.45, 2.75) is 6.92 Å². The molecule has 86 valence electrons. The summed E-state index contributed by atoms with van der Waals surface area (Å²) in [4.78, 5) is 16.0. The highest BCUT2D eigenvalue weighted by molar-refractivity contribution is 6.30. The molecular formula is C13H9ClFNO. The van der Waals surface area contributed by atoms with Crippen molar-refractivity contribution in [1.82, 2.24) is 4.98 Å². The van der Waals surface area contributed by atoms with E-state index in [1.807, 2.05) is 0 Å². The van der Waals surface area contributed by atoms with E-state index in [2.05, 4.69) is 4.98 Å². The standard InChI is InChI=1S/C13H9ClFNO/c1-8-3-2-6-16-12(8)13(17)10-5-4-9(14)7-11(10)15/h2-7H,1H3. The zero-order valence-corrected chi connectivity index (χ0v) is 9.83. The maximum Gasteiger partial charge on any atom is 0.214 e. The first-order valence-electron chi connectivity index (χ1n) is 5.01. The Morgan fingerprint density at radius 3 is 2.76 bits per heavy atom. The van der Waals surface area contributed by atoms with E-state index in [1.165, 1.54) is 18.3 Å². The minimum atomic E-state index is -0.632. The molecular weight excluding hydrogens is 241 g/mol. The van der Waals surface area contributed by atoms with Crippen molar-refractivity contribution in [3.05, 3.63) is 64.2 Å². The second-order valence-electron chi connectivity index (χ2n) is 3.62. The van der Waals surface area contributed by atoms with E-state index in [4.69, 9.17) is 11.6 Å². The number of pyridine rings is 1. The molecule has 1 heterocycles. The van der Waals surface area contributed by atoms with Crippen molar-refractivity contribution < 1.29 is 9.18 Å². The summed E-state index contributed by atoms with van der Waals surface area (Å²) in [6.07, 6.45) is 1.51. The molecule has 0 aliphatic heterocycles. The molecule has 0 saturated heterocycles. The highest BCUT2D eigenvalue weighted by atomic mass is 35.5. The van der Waals surface area contributed by atoms with Crippen molar-refractivity contribution in [3.63, 3.8) is 0 Å². The van der Waals surface area contributed by atoms with Gasteiger partial charge in [0.15, 0.2) is 0 Å². The quantitative estimate of drug-likeness (QED) is 0.764. The summed E-state index contributed by atoms with van der Waals surface area (Å²) in [5, 5.41) is 0.261. The highest BCUT2D eigenvalue weighted by Crippen LogP contribution is 2.18. The van der Waals surface area contributed by atoms with Crippen LogP contribution in [-0.4, -0.2) is 10.8 Å². The van der Waals surface area contributed by atoms with Gasteiger partial charge in [-0.05, 0) is 36.8 Å². The van der Waals surface area contributed by atoms with Crippen molar-refractivity contribution in [2.75, 3.05) is 0 Å². The van der Waals surface area contributed by atoms with E-state index in [-0.39, 0.29) is 16.3 Å². The third-order valence-corrected chi connectivity index (χ3v) is 2.64. The van der Waals surface area contributed by atoms with Crippen molar-refractivity contribution in [2.24, 2.45) is 0 Å². The van der Waals surface area contributed by atoms with Crippen LogP contribution < -0.4 is 0 Å². The lowest BCUT2D eigenvalue weighted by Gasteiger charge is -2.04. The Kier molecular flexibility index (Phi) is 3.20. The summed E-state index contributed by atoms with van der Waals surface area (Å²) < 4.78 is 13.6. The van der Waals surface area contributed by atoms with Crippen LogP contribution in [0.15, 0.2) is 36.5 Å². The average molecular weight is 250 g/mol. The van der Waals surface area contributed by atoms with Gasteiger partial charge in [-0.3, -0.25) is 9.78 Å². The molecule has 0 amide bonds. The van der Waals surface area contributed by atoms with Gasteiger partial charge in [0.1, 0.15) is 11.5 Å². The van der Waals surface area contributed by atoms with E-state index in [0.29, 0.717) is 5.56 Å². The van der Waals surface area contributed by atoms with Gasteiger partial charge in [0.05, 0.1) is 5.56 Å². The molecule has 1 aromatic heterocycles. The molecule has 0 aliphatic carbocycles. The van der Waals surface area contributed by atoms with Gasteiger partial charge in [0, 0.05) is 11.2 Å². The predicted octanol–water partition coefficient (Wildman–Crippen LogP) is 3.41. The second-order valence-corrected chi connectivity index (χ2v) is 4.06. The number of hydrogen-bond donors (Lipinski definition) is 0. The molecule has 0 spiro atoms. The number of hydrogen-bond acceptors (Lipinski definition) is 2. The first kappa shape index (κ1) is 11.7. The number of rotatable bonds is 2. The summed E-state index contributed by atoms with van der Waals surface area (Å²) >= 11 is 5.63. The molecule has 0 unspecified atom stereocenters. The maximum atomic E-state index is 13.6. The lowest BCUT2D eigenvalue weighted by molar-refractivity contribution is 0.103. The zero-order chi connectivity index (χ0) is 12.4. The Labute approximate surface area is 103 Å². The van der Waals surface area contributed by atoms with Crippen LogP contribution in [0.25, 0.3) is 0 Å². The first-order chi connectivity index (χ1) is 8.09. The third kappa shape index (κ3) is 2.34. The fourth-order valence-electron chi connectivity index (χ4n) is 1.52. The van der Waals surface area contributed by atoms with Crippen LogP contribution in [0.3, 0.4) is 0 Å². The second kappa shape index (κ2) is 4.63. The van der Waals surface area contributed by atoms with Gasteiger partial charge in [0.2, 0.25) is 5.78 Å². The fraction of sp³-hybridized carbons (Fsp3) is 0.0769. The SMILES string of the molecule is Cc1cccnc1C(=O)c1ccc(Cl)cc1F. The van der Waals surface area contributed by atoms with E-state index in [9.17, 15) is 9.18 Å². The number of halogens is 2. The largest absolute Gasteiger partial charge is 0.287 e. The molecule has 2 nitrogen and oxygen atoms in total. The Morgan fingerprint density at radius 2 is 2.12 bits per heavy atom. The number of carbonyl (C=O) groups excluding carboxylic acids is 1. The number of aromatic nitrogens is 1. The minimum absolute atomic E-state index is 0.0174. The molecule has 0 aliphatic rings. The molecule has 0 atom stereocenters. The van der Waals surface area contributed by atoms with Crippen molar-refractivity contribution >= 4 is 17.4 Å². The molecule has 4 heteroatoms. The molecule has 1 aromatic carbocycles. The topological polar surface area (TPSA) is 30.0 Å². The zero-order valence-electron chi connectivity index (χ0n) is 9.08. The van der Waals surface area contributed by atoms with Gasteiger partial charge in [-0.25, -0.2) is 4.39 Å². The maximum absolute atomic E-state index is 13.6. The van der Waals surface area contributed by atoms with Gasteiger partial charge < -0.3 is 0 Å². The van der Waals surface area contributed by atoms with Gasteiger partial charge in [-0.2, -0.15) is 0 Å². The Bertz CT molecular complexity index is 583. The van der Waals surface area contributed by atoms with E-state index in [1.54, 1.807) is 19.1 Å². The number of nitrogens with zero attached hydrogens (tertiary/aromatic N) is 1. The molecule has 0 bridgehead atoms. The van der Waals surface area contributed by atoms with Crippen LogP contribution >= 0.6 is 11.6 Å². The summed E-state index contributed by atoms with van der Waals surface area (Å²) in [6.45, 7) is 1.76. The summed E-state index contributed by atoms with van der Waals surface area (Å²) in [5.41, 5.74) is 0.955. The summed E-state index contributed by atoms with van der Waals surface area (Å²) in [7, 11) is 0. The molecule has 2 aromatic rings. The monoisotopic (exact) mass is 249 g/mol. The third-order valence-electron chi connectivity index (χ3n) is 2.40. The lowest BCUT2D eigenvalue weighted by Crippen LogP contribution is -2.08. The molecule has 0 saturated carbocycles.